The topological polar surface area (TPSA) is 131 Å². The van der Waals surface area contributed by atoms with Crippen molar-refractivity contribution in [2.75, 3.05) is 62.3 Å². The van der Waals surface area contributed by atoms with E-state index >= 15 is 0 Å². The zero-order chi connectivity index (χ0) is 31.4. The maximum atomic E-state index is 13.5. The number of morpholine rings is 1. The lowest BCUT2D eigenvalue weighted by Crippen LogP contribution is -2.36. The molecule has 3 heterocycles. The highest BCUT2D eigenvalue weighted by Crippen LogP contribution is 2.46. The first kappa shape index (κ1) is 31.4. The van der Waals surface area contributed by atoms with E-state index < -0.39 is 7.14 Å². The zero-order valence-electron chi connectivity index (χ0n) is 25.3. The van der Waals surface area contributed by atoms with Crippen LogP contribution < -0.4 is 25.6 Å². The lowest BCUT2D eigenvalue weighted by Gasteiger charge is -2.31. The maximum Gasteiger partial charge on any atom is 0.229 e. The highest BCUT2D eigenvalue weighted by molar-refractivity contribution is 9.10. The maximum absolute atomic E-state index is 13.5. The Morgan fingerprint density at radius 2 is 1.93 bits per heavy atom. The number of aliphatic imine (C=N–C) groups is 2. The molecule has 44 heavy (non-hydrogen) atoms. The van der Waals surface area contributed by atoms with Gasteiger partial charge in [-0.3, -0.25) is 14.7 Å². The number of aryl methyl sites for hydroxylation is 1. The highest BCUT2D eigenvalue weighted by Gasteiger charge is 2.25. The molecule has 0 amide bonds. The second-order valence-corrected chi connectivity index (χ2v) is 14.4. The first-order valence-electron chi connectivity index (χ1n) is 13.9. The molecule has 2 aromatic carbocycles. The SMILES string of the molecule is C=Nc1ccc(Nc2nc(Nc3cc(-c4ccn(C)n4)c(N4CCOCC4)cc3OC)ncc2Br)c(P(C)(C)=O)c1N=CC. The standard InChI is InChI=1S/C30H35BrN9O3P/c1-7-33-27-22(32-2)8-9-23(28(27)44(5,6)41)35-29-20(31)18-34-30(37-29)36-24-16-19(21-10-11-39(3)38-21)25(17-26(24)42-4)40-12-14-43-15-13-40/h7-11,16-18H,2,12-15H2,1,3-6H3,(H2,34,35,36,37). The van der Waals surface area contributed by atoms with Crippen LogP contribution >= 0.6 is 23.1 Å². The summed E-state index contributed by atoms with van der Waals surface area (Å²) in [5, 5.41) is 11.9. The van der Waals surface area contributed by atoms with Crippen LogP contribution in [0.2, 0.25) is 0 Å². The van der Waals surface area contributed by atoms with E-state index in [2.05, 4.69) is 58.2 Å². The van der Waals surface area contributed by atoms with E-state index in [1.54, 1.807) is 50.5 Å². The summed E-state index contributed by atoms with van der Waals surface area (Å²) < 4.78 is 27.3. The van der Waals surface area contributed by atoms with E-state index in [1.165, 1.54) is 0 Å². The summed E-state index contributed by atoms with van der Waals surface area (Å²) >= 11 is 3.56. The van der Waals surface area contributed by atoms with E-state index in [1.807, 2.05) is 37.5 Å². The molecule has 0 radical (unpaired) electrons. The van der Waals surface area contributed by atoms with Crippen LogP contribution in [0.1, 0.15) is 6.92 Å². The van der Waals surface area contributed by atoms with E-state index in [-0.39, 0.29) is 0 Å². The summed E-state index contributed by atoms with van der Waals surface area (Å²) in [4.78, 5) is 20.1. The largest absolute Gasteiger partial charge is 0.494 e. The number of anilines is 5. The number of halogens is 1. The van der Waals surface area contributed by atoms with Crippen LogP contribution in [-0.4, -0.2) is 79.4 Å². The fraction of sp³-hybridized carbons (Fsp3) is 0.300. The van der Waals surface area contributed by atoms with Gasteiger partial charge in [-0.15, -0.1) is 0 Å². The average molecular weight is 681 g/mol. The van der Waals surface area contributed by atoms with Crippen LogP contribution in [-0.2, 0) is 16.3 Å². The Morgan fingerprint density at radius 3 is 2.57 bits per heavy atom. The minimum Gasteiger partial charge on any atom is -0.494 e. The highest BCUT2D eigenvalue weighted by atomic mass is 79.9. The van der Waals surface area contributed by atoms with Crippen molar-refractivity contribution in [1.82, 2.24) is 19.7 Å². The number of nitrogens with one attached hydrogen (secondary N) is 2. The molecule has 0 aliphatic carbocycles. The number of methoxy groups -OCH3 is 1. The van der Waals surface area contributed by atoms with Gasteiger partial charge in [-0.05, 0) is 67.2 Å². The molecule has 1 saturated heterocycles. The number of aromatic nitrogens is 4. The fourth-order valence-corrected chi connectivity index (χ4v) is 6.71. The number of nitrogens with zero attached hydrogens (tertiary/aromatic N) is 7. The summed E-state index contributed by atoms with van der Waals surface area (Å²) in [5.74, 6) is 1.42. The Labute approximate surface area is 265 Å². The van der Waals surface area contributed by atoms with E-state index in [9.17, 15) is 4.57 Å². The van der Waals surface area contributed by atoms with Crippen LogP contribution in [0.5, 0.6) is 5.75 Å². The van der Waals surface area contributed by atoms with Crippen molar-refractivity contribution >= 4 is 81.5 Å². The van der Waals surface area contributed by atoms with E-state index in [0.29, 0.717) is 63.3 Å². The van der Waals surface area contributed by atoms with E-state index in [4.69, 9.17) is 14.5 Å². The third-order valence-corrected chi connectivity index (χ3v) is 9.11. The smallest absolute Gasteiger partial charge is 0.229 e. The van der Waals surface area contributed by atoms with Crippen molar-refractivity contribution in [1.29, 1.82) is 0 Å². The van der Waals surface area contributed by atoms with Crippen molar-refractivity contribution in [3.8, 4) is 17.0 Å². The Balaban J connectivity index is 1.55. The second-order valence-electron chi connectivity index (χ2n) is 10.4. The monoisotopic (exact) mass is 679 g/mol. The van der Waals surface area contributed by atoms with Gasteiger partial charge in [-0.1, -0.05) is 0 Å². The molecule has 0 atom stereocenters. The lowest BCUT2D eigenvalue weighted by atomic mass is 10.1. The number of hydrogen-bond acceptors (Lipinski definition) is 11. The van der Waals surface area contributed by atoms with Gasteiger partial charge in [0.05, 0.1) is 58.5 Å². The Morgan fingerprint density at radius 1 is 1.16 bits per heavy atom. The predicted octanol–water partition coefficient (Wildman–Crippen LogP) is 6.27. The number of ether oxygens (including phenoxy) is 2. The molecular weight excluding hydrogens is 645 g/mol. The molecule has 1 fully saturated rings. The lowest BCUT2D eigenvalue weighted by molar-refractivity contribution is 0.122. The molecule has 0 bridgehead atoms. The van der Waals surface area contributed by atoms with Gasteiger partial charge in [-0.2, -0.15) is 10.1 Å². The number of rotatable bonds is 10. The second kappa shape index (κ2) is 13.3. The first-order chi connectivity index (χ1) is 21.1. The summed E-state index contributed by atoms with van der Waals surface area (Å²) in [6, 6.07) is 9.58. The van der Waals surface area contributed by atoms with E-state index in [0.717, 1.165) is 30.0 Å². The van der Waals surface area contributed by atoms with Crippen molar-refractivity contribution in [2.45, 2.75) is 6.92 Å². The molecule has 5 rings (SSSR count). The van der Waals surface area contributed by atoms with Gasteiger partial charge in [0.25, 0.3) is 0 Å². The fourth-order valence-electron chi connectivity index (χ4n) is 5.03. The van der Waals surface area contributed by atoms with Crippen LogP contribution in [0.3, 0.4) is 0 Å². The predicted molar refractivity (Wildman–Crippen MR) is 183 cm³/mol. The minimum atomic E-state index is -2.82. The third kappa shape index (κ3) is 6.69. The van der Waals surface area contributed by atoms with Crippen LogP contribution in [0.25, 0.3) is 11.3 Å². The van der Waals surface area contributed by atoms with Gasteiger partial charge in [-0.25, -0.2) is 4.98 Å². The Bertz CT molecular complexity index is 1760. The van der Waals surface area contributed by atoms with Crippen LogP contribution in [0.15, 0.2) is 57.2 Å². The molecular formula is C30H35BrN9O3P. The van der Waals surface area contributed by atoms with Gasteiger partial charge >= 0.3 is 0 Å². The van der Waals surface area contributed by atoms with Gasteiger partial charge < -0.3 is 29.6 Å². The Kier molecular flexibility index (Phi) is 9.48. The first-order valence-corrected chi connectivity index (χ1v) is 17.3. The van der Waals surface area contributed by atoms with Crippen molar-refractivity contribution in [3.05, 3.63) is 47.2 Å². The average Bonchev–Trinajstić information content (AvgIpc) is 3.44. The third-order valence-electron chi connectivity index (χ3n) is 7.00. The molecule has 230 valence electrons. The molecule has 1 aliphatic rings. The molecule has 2 aromatic heterocycles. The quantitative estimate of drug-likeness (QED) is 0.147. The summed E-state index contributed by atoms with van der Waals surface area (Å²) in [6.07, 6.45) is 5.21. The summed E-state index contributed by atoms with van der Waals surface area (Å²) in [5.41, 5.74) is 5.11. The number of benzene rings is 2. The minimum absolute atomic E-state index is 0.328. The molecule has 0 saturated carbocycles. The van der Waals surface area contributed by atoms with Crippen molar-refractivity contribution in [2.24, 2.45) is 17.0 Å². The Hall–Kier alpha value is -4.06. The van der Waals surface area contributed by atoms with Gasteiger partial charge in [0, 0.05) is 50.4 Å². The van der Waals surface area contributed by atoms with Gasteiger partial charge in [0.15, 0.2) is 0 Å². The summed E-state index contributed by atoms with van der Waals surface area (Å²) in [7, 11) is 0.709. The van der Waals surface area contributed by atoms with Gasteiger partial charge in [0.1, 0.15) is 24.4 Å². The van der Waals surface area contributed by atoms with Crippen molar-refractivity contribution < 1.29 is 14.0 Å². The summed E-state index contributed by atoms with van der Waals surface area (Å²) in [6.45, 7) is 11.7. The number of hydrogen-bond donors (Lipinski definition) is 2. The van der Waals surface area contributed by atoms with Gasteiger partial charge in [0.2, 0.25) is 5.95 Å². The molecule has 12 nitrogen and oxygen atoms in total. The van der Waals surface area contributed by atoms with Crippen molar-refractivity contribution in [3.63, 3.8) is 0 Å². The molecule has 1 aliphatic heterocycles. The molecule has 2 N–H and O–H groups in total. The normalized spacial score (nSPS) is 13.7. The van der Waals surface area contributed by atoms with Crippen LogP contribution in [0, 0.1) is 0 Å². The molecule has 0 unspecified atom stereocenters. The molecule has 0 spiro atoms. The van der Waals surface area contributed by atoms with Crippen LogP contribution in [0.4, 0.5) is 40.2 Å². The molecule has 14 heteroatoms. The molecule has 4 aromatic rings. The zero-order valence-corrected chi connectivity index (χ0v) is 27.8.